The van der Waals surface area contributed by atoms with Crippen molar-refractivity contribution in [1.82, 2.24) is 4.98 Å². The van der Waals surface area contributed by atoms with Crippen molar-refractivity contribution >= 4 is 26.6 Å². The highest BCUT2D eigenvalue weighted by Gasteiger charge is 2.15. The molecule has 3 rings (SSSR count). The molecule has 1 heterocycles. The van der Waals surface area contributed by atoms with Crippen LogP contribution in [-0.2, 0) is 10.0 Å². The molecular formula is C14H12N2O3S. The molecule has 0 fully saturated rings. The summed E-state index contributed by atoms with van der Waals surface area (Å²) in [5.41, 5.74) is 1.07. The molecule has 0 aliphatic carbocycles. The Hall–Kier alpha value is -2.47. The molecule has 0 aliphatic rings. The van der Waals surface area contributed by atoms with Gasteiger partial charge >= 0.3 is 0 Å². The van der Waals surface area contributed by atoms with E-state index in [0.717, 1.165) is 10.9 Å². The lowest BCUT2D eigenvalue weighted by Crippen LogP contribution is -2.12. The number of anilines is 1. The summed E-state index contributed by atoms with van der Waals surface area (Å²) in [5, 5.41) is 10.3. The standard InChI is InChI=1S/C14H12N2O3S/c17-12-3-1-2-11(8-12)16-20(18,19)13-5-4-10-6-7-15-14(10)9-13/h1-9,15-17H. The Morgan fingerprint density at radius 2 is 1.90 bits per heavy atom. The van der Waals surface area contributed by atoms with Gasteiger partial charge in [-0.2, -0.15) is 0 Å². The Labute approximate surface area is 115 Å². The highest BCUT2D eigenvalue weighted by atomic mass is 32.2. The number of H-pyrrole nitrogens is 1. The Kier molecular flexibility index (Phi) is 2.87. The third-order valence-electron chi connectivity index (χ3n) is 2.94. The van der Waals surface area contributed by atoms with Crippen molar-refractivity contribution in [3.8, 4) is 5.75 Å². The van der Waals surface area contributed by atoms with Crippen LogP contribution >= 0.6 is 0 Å². The van der Waals surface area contributed by atoms with E-state index >= 15 is 0 Å². The Balaban J connectivity index is 1.98. The fraction of sp³-hybridized carbons (Fsp3) is 0. The molecular weight excluding hydrogens is 276 g/mol. The molecule has 6 heteroatoms. The molecule has 102 valence electrons. The Morgan fingerprint density at radius 1 is 1.05 bits per heavy atom. The number of benzene rings is 2. The summed E-state index contributed by atoms with van der Waals surface area (Å²) in [4.78, 5) is 3.14. The molecule has 0 unspecified atom stereocenters. The van der Waals surface area contributed by atoms with E-state index in [1.54, 1.807) is 36.5 Å². The molecule has 3 N–H and O–H groups in total. The number of nitrogens with one attached hydrogen (secondary N) is 2. The fourth-order valence-electron chi connectivity index (χ4n) is 1.98. The number of sulfonamides is 1. The first-order chi connectivity index (χ1) is 9.54. The smallest absolute Gasteiger partial charge is 0.261 e. The molecule has 0 amide bonds. The van der Waals surface area contributed by atoms with Crippen molar-refractivity contribution in [2.24, 2.45) is 0 Å². The van der Waals surface area contributed by atoms with Gasteiger partial charge in [-0.3, -0.25) is 4.72 Å². The first-order valence-corrected chi connectivity index (χ1v) is 7.42. The average molecular weight is 288 g/mol. The number of hydrogen-bond donors (Lipinski definition) is 3. The summed E-state index contributed by atoms with van der Waals surface area (Å²) in [7, 11) is -3.68. The zero-order valence-electron chi connectivity index (χ0n) is 10.4. The van der Waals surface area contributed by atoms with Crippen LogP contribution < -0.4 is 4.72 Å². The summed E-state index contributed by atoms with van der Waals surface area (Å²) in [5.74, 6) is 0.00465. The van der Waals surface area contributed by atoms with Crippen LogP contribution in [0.1, 0.15) is 0 Å². The van der Waals surface area contributed by atoms with E-state index in [1.165, 1.54) is 12.1 Å². The lowest BCUT2D eigenvalue weighted by atomic mass is 10.2. The monoisotopic (exact) mass is 288 g/mol. The van der Waals surface area contributed by atoms with Crippen molar-refractivity contribution in [1.29, 1.82) is 0 Å². The Bertz CT molecular complexity index is 869. The van der Waals surface area contributed by atoms with E-state index in [1.807, 2.05) is 6.07 Å². The van der Waals surface area contributed by atoms with E-state index < -0.39 is 10.0 Å². The summed E-state index contributed by atoms with van der Waals surface area (Å²) in [6, 6.07) is 12.7. The van der Waals surface area contributed by atoms with E-state index in [9.17, 15) is 13.5 Å². The van der Waals surface area contributed by atoms with Crippen LogP contribution in [-0.4, -0.2) is 18.5 Å². The van der Waals surface area contributed by atoms with Gasteiger partial charge in [0.1, 0.15) is 5.75 Å². The van der Waals surface area contributed by atoms with E-state index in [4.69, 9.17) is 0 Å². The summed E-state index contributed by atoms with van der Waals surface area (Å²) < 4.78 is 27.0. The van der Waals surface area contributed by atoms with Gasteiger partial charge in [-0.25, -0.2) is 8.42 Å². The van der Waals surface area contributed by atoms with Crippen molar-refractivity contribution in [3.63, 3.8) is 0 Å². The van der Waals surface area contributed by atoms with Crippen LogP contribution in [0.3, 0.4) is 0 Å². The molecule has 2 aromatic carbocycles. The zero-order chi connectivity index (χ0) is 14.2. The molecule has 0 atom stereocenters. The number of hydrogen-bond acceptors (Lipinski definition) is 3. The van der Waals surface area contributed by atoms with Gasteiger partial charge in [-0.15, -0.1) is 0 Å². The molecule has 0 bridgehead atoms. The van der Waals surface area contributed by atoms with Crippen LogP contribution in [0.5, 0.6) is 5.75 Å². The predicted octanol–water partition coefficient (Wildman–Crippen LogP) is 2.67. The van der Waals surface area contributed by atoms with Gasteiger partial charge in [-0.1, -0.05) is 12.1 Å². The van der Waals surface area contributed by atoms with Gasteiger partial charge in [0.25, 0.3) is 10.0 Å². The number of aromatic nitrogens is 1. The molecule has 0 saturated carbocycles. The van der Waals surface area contributed by atoms with Gasteiger partial charge in [0.15, 0.2) is 0 Å². The number of phenols is 1. The molecule has 5 nitrogen and oxygen atoms in total. The van der Waals surface area contributed by atoms with Crippen LogP contribution in [0.15, 0.2) is 59.6 Å². The van der Waals surface area contributed by atoms with Gasteiger partial charge in [0.05, 0.1) is 10.6 Å². The van der Waals surface area contributed by atoms with Crippen molar-refractivity contribution in [2.75, 3.05) is 4.72 Å². The summed E-state index contributed by atoms with van der Waals surface area (Å²) >= 11 is 0. The molecule has 20 heavy (non-hydrogen) atoms. The number of phenolic OH excluding ortho intramolecular Hbond substituents is 1. The predicted molar refractivity (Wildman–Crippen MR) is 77.2 cm³/mol. The van der Waals surface area contributed by atoms with Gasteiger partial charge in [0.2, 0.25) is 0 Å². The minimum absolute atomic E-state index is 0.00465. The Morgan fingerprint density at radius 3 is 2.70 bits per heavy atom. The van der Waals surface area contributed by atoms with Gasteiger partial charge in [-0.05, 0) is 35.7 Å². The minimum atomic E-state index is -3.68. The van der Waals surface area contributed by atoms with E-state index in [0.29, 0.717) is 5.69 Å². The van der Waals surface area contributed by atoms with E-state index in [2.05, 4.69) is 9.71 Å². The maximum atomic E-state index is 12.3. The normalized spacial score (nSPS) is 11.6. The summed E-state index contributed by atoms with van der Waals surface area (Å²) in [6.45, 7) is 0. The summed E-state index contributed by atoms with van der Waals surface area (Å²) in [6.07, 6.45) is 1.75. The van der Waals surface area contributed by atoms with E-state index in [-0.39, 0.29) is 10.6 Å². The highest BCUT2D eigenvalue weighted by molar-refractivity contribution is 7.92. The second-order valence-electron chi connectivity index (χ2n) is 4.38. The molecule has 3 aromatic rings. The largest absolute Gasteiger partial charge is 0.508 e. The lowest BCUT2D eigenvalue weighted by molar-refractivity contribution is 0.475. The second-order valence-corrected chi connectivity index (χ2v) is 6.06. The van der Waals surface area contributed by atoms with Crippen molar-refractivity contribution < 1.29 is 13.5 Å². The molecule has 0 saturated heterocycles. The highest BCUT2D eigenvalue weighted by Crippen LogP contribution is 2.22. The third kappa shape index (κ3) is 2.33. The zero-order valence-corrected chi connectivity index (χ0v) is 11.2. The topological polar surface area (TPSA) is 82.2 Å². The first-order valence-electron chi connectivity index (χ1n) is 5.94. The first kappa shape index (κ1) is 12.6. The second kappa shape index (κ2) is 4.57. The number of aromatic hydroxyl groups is 1. The quantitative estimate of drug-likeness (QED) is 0.693. The number of fused-ring (bicyclic) bond motifs is 1. The van der Waals surface area contributed by atoms with Crippen LogP contribution in [0.25, 0.3) is 10.9 Å². The number of rotatable bonds is 3. The van der Waals surface area contributed by atoms with Gasteiger partial charge < -0.3 is 10.1 Å². The van der Waals surface area contributed by atoms with Crippen molar-refractivity contribution in [3.05, 3.63) is 54.7 Å². The third-order valence-corrected chi connectivity index (χ3v) is 4.31. The van der Waals surface area contributed by atoms with Gasteiger partial charge in [0, 0.05) is 17.8 Å². The maximum absolute atomic E-state index is 12.3. The molecule has 1 aromatic heterocycles. The van der Waals surface area contributed by atoms with Crippen LogP contribution in [0.2, 0.25) is 0 Å². The van der Waals surface area contributed by atoms with Crippen LogP contribution in [0.4, 0.5) is 5.69 Å². The fourth-order valence-corrected chi connectivity index (χ4v) is 3.05. The van der Waals surface area contributed by atoms with Crippen molar-refractivity contribution in [2.45, 2.75) is 4.90 Å². The molecule has 0 spiro atoms. The lowest BCUT2D eigenvalue weighted by Gasteiger charge is -2.08. The number of aromatic amines is 1. The molecule has 0 radical (unpaired) electrons. The SMILES string of the molecule is O=S(=O)(Nc1cccc(O)c1)c1ccc2cc[nH]c2c1. The average Bonchev–Trinajstić information content (AvgIpc) is 2.85. The minimum Gasteiger partial charge on any atom is -0.508 e. The maximum Gasteiger partial charge on any atom is 0.261 e. The molecule has 0 aliphatic heterocycles. The van der Waals surface area contributed by atoms with Crippen LogP contribution in [0, 0.1) is 0 Å².